The summed E-state index contributed by atoms with van der Waals surface area (Å²) in [6.45, 7) is 5.30. The molecule has 100 valence electrons. The molecule has 0 atom stereocenters. The van der Waals surface area contributed by atoms with Crippen molar-refractivity contribution < 1.29 is 9.90 Å². The SMILES string of the molecule is Cc1cc(C)c2c(c1)c1c(n2C)CCN(C(=O)O)C1. The average molecular weight is 258 g/mol. The van der Waals surface area contributed by atoms with Crippen molar-refractivity contribution >= 4 is 17.0 Å². The van der Waals surface area contributed by atoms with Crippen LogP contribution in [-0.2, 0) is 20.0 Å². The molecule has 1 amide bonds. The monoisotopic (exact) mass is 258 g/mol. The Morgan fingerprint density at radius 2 is 2.05 bits per heavy atom. The standard InChI is InChI=1S/C15H18N2O2/c1-9-6-10(2)14-11(7-9)12-8-17(15(18)19)5-4-13(12)16(14)3/h6-7H,4-5,8H2,1-3H3,(H,18,19). The number of aromatic nitrogens is 1. The van der Waals surface area contributed by atoms with Gasteiger partial charge in [0.05, 0.1) is 12.1 Å². The number of amides is 1. The number of nitrogens with zero attached hydrogens (tertiary/aromatic N) is 2. The Labute approximate surface area is 112 Å². The molecule has 2 heterocycles. The summed E-state index contributed by atoms with van der Waals surface area (Å²) in [5.74, 6) is 0. The van der Waals surface area contributed by atoms with E-state index in [1.165, 1.54) is 38.2 Å². The van der Waals surface area contributed by atoms with Crippen molar-refractivity contribution in [3.63, 3.8) is 0 Å². The zero-order valence-electron chi connectivity index (χ0n) is 11.5. The van der Waals surface area contributed by atoms with Gasteiger partial charge in [-0.15, -0.1) is 0 Å². The van der Waals surface area contributed by atoms with Crippen molar-refractivity contribution in [2.24, 2.45) is 7.05 Å². The summed E-state index contributed by atoms with van der Waals surface area (Å²) in [5.41, 5.74) is 6.18. The number of hydrogen-bond acceptors (Lipinski definition) is 1. The van der Waals surface area contributed by atoms with Gasteiger partial charge in [-0.2, -0.15) is 0 Å². The highest BCUT2D eigenvalue weighted by molar-refractivity contribution is 5.89. The van der Waals surface area contributed by atoms with Gasteiger partial charge in [0.25, 0.3) is 0 Å². The molecule has 0 spiro atoms. The van der Waals surface area contributed by atoms with E-state index < -0.39 is 6.09 Å². The molecule has 1 N–H and O–H groups in total. The number of fused-ring (bicyclic) bond motifs is 3. The van der Waals surface area contributed by atoms with Crippen LogP contribution in [-0.4, -0.2) is 27.2 Å². The van der Waals surface area contributed by atoms with Crippen LogP contribution in [0.1, 0.15) is 22.4 Å². The average Bonchev–Trinajstić information content (AvgIpc) is 2.62. The predicted octanol–water partition coefficient (Wildman–Crippen LogP) is 2.83. The second-order valence-corrected chi connectivity index (χ2v) is 5.42. The second-order valence-electron chi connectivity index (χ2n) is 5.42. The summed E-state index contributed by atoms with van der Waals surface area (Å²) in [6, 6.07) is 4.36. The maximum absolute atomic E-state index is 11.2. The molecule has 3 rings (SSSR count). The van der Waals surface area contributed by atoms with Crippen LogP contribution >= 0.6 is 0 Å². The van der Waals surface area contributed by atoms with Gasteiger partial charge in [0, 0.05) is 36.7 Å². The molecule has 1 aromatic heterocycles. The van der Waals surface area contributed by atoms with E-state index in [-0.39, 0.29) is 0 Å². The molecule has 0 fully saturated rings. The minimum absolute atomic E-state index is 0.505. The molecule has 1 aliphatic heterocycles. The zero-order valence-corrected chi connectivity index (χ0v) is 11.5. The molecule has 0 radical (unpaired) electrons. The van der Waals surface area contributed by atoms with E-state index in [0.29, 0.717) is 13.1 Å². The largest absolute Gasteiger partial charge is 0.465 e. The topological polar surface area (TPSA) is 45.5 Å². The second kappa shape index (κ2) is 4.02. The highest BCUT2D eigenvalue weighted by atomic mass is 16.4. The molecule has 1 aromatic carbocycles. The third-order valence-corrected chi connectivity index (χ3v) is 4.10. The van der Waals surface area contributed by atoms with Gasteiger partial charge in [0.1, 0.15) is 0 Å². The van der Waals surface area contributed by atoms with Gasteiger partial charge in [-0.25, -0.2) is 4.79 Å². The minimum atomic E-state index is -0.827. The van der Waals surface area contributed by atoms with Gasteiger partial charge in [0.2, 0.25) is 0 Å². The molecule has 19 heavy (non-hydrogen) atoms. The van der Waals surface area contributed by atoms with Gasteiger partial charge >= 0.3 is 6.09 Å². The predicted molar refractivity (Wildman–Crippen MR) is 74.5 cm³/mol. The molecule has 4 heteroatoms. The molecule has 0 saturated heterocycles. The summed E-state index contributed by atoms with van der Waals surface area (Å²) in [6.07, 6.45) is -0.0299. The molecule has 1 aliphatic rings. The maximum Gasteiger partial charge on any atom is 0.407 e. The molecular weight excluding hydrogens is 240 g/mol. The highest BCUT2D eigenvalue weighted by Gasteiger charge is 2.25. The summed E-state index contributed by atoms with van der Waals surface area (Å²) in [7, 11) is 2.08. The summed E-state index contributed by atoms with van der Waals surface area (Å²) >= 11 is 0. The van der Waals surface area contributed by atoms with Crippen LogP contribution in [0.15, 0.2) is 12.1 Å². The van der Waals surface area contributed by atoms with Crippen molar-refractivity contribution in [1.29, 1.82) is 0 Å². The lowest BCUT2D eigenvalue weighted by molar-refractivity contribution is 0.139. The molecule has 2 aromatic rings. The molecule has 0 saturated carbocycles. The van der Waals surface area contributed by atoms with E-state index in [1.807, 2.05) is 0 Å². The fourth-order valence-electron chi connectivity index (χ4n) is 3.30. The molecular formula is C15H18N2O2. The summed E-state index contributed by atoms with van der Waals surface area (Å²) < 4.78 is 2.23. The molecule has 0 unspecified atom stereocenters. The van der Waals surface area contributed by atoms with E-state index in [4.69, 9.17) is 0 Å². The van der Waals surface area contributed by atoms with E-state index in [0.717, 1.165) is 6.42 Å². The van der Waals surface area contributed by atoms with E-state index in [9.17, 15) is 9.90 Å². The van der Waals surface area contributed by atoms with Crippen LogP contribution in [0, 0.1) is 13.8 Å². The van der Waals surface area contributed by atoms with Crippen molar-refractivity contribution in [3.05, 3.63) is 34.5 Å². The van der Waals surface area contributed by atoms with E-state index in [2.05, 4.69) is 37.6 Å². The summed E-state index contributed by atoms with van der Waals surface area (Å²) in [5, 5.41) is 10.4. The van der Waals surface area contributed by atoms with Gasteiger partial charge in [-0.1, -0.05) is 11.6 Å². The number of benzene rings is 1. The third kappa shape index (κ3) is 1.70. The Morgan fingerprint density at radius 1 is 1.32 bits per heavy atom. The van der Waals surface area contributed by atoms with Gasteiger partial charge < -0.3 is 14.6 Å². The smallest absolute Gasteiger partial charge is 0.407 e. The Balaban J connectivity index is 2.26. The van der Waals surface area contributed by atoms with Crippen LogP contribution in [0.5, 0.6) is 0 Å². The first-order chi connectivity index (χ1) is 8.99. The van der Waals surface area contributed by atoms with Gasteiger partial charge in [-0.05, 0) is 25.5 Å². The lowest BCUT2D eigenvalue weighted by Gasteiger charge is -2.25. The Kier molecular flexibility index (Phi) is 2.55. The Bertz CT molecular complexity index is 685. The highest BCUT2D eigenvalue weighted by Crippen LogP contribution is 2.32. The normalized spacial score (nSPS) is 14.8. The molecule has 0 aliphatic carbocycles. The van der Waals surface area contributed by atoms with Gasteiger partial charge in [-0.3, -0.25) is 0 Å². The Hall–Kier alpha value is -1.97. The summed E-state index contributed by atoms with van der Waals surface area (Å²) in [4.78, 5) is 12.7. The third-order valence-electron chi connectivity index (χ3n) is 4.10. The first-order valence-electron chi connectivity index (χ1n) is 6.54. The number of carbonyl (C=O) groups is 1. The minimum Gasteiger partial charge on any atom is -0.465 e. The van der Waals surface area contributed by atoms with E-state index in [1.54, 1.807) is 0 Å². The van der Waals surface area contributed by atoms with Gasteiger partial charge in [0.15, 0.2) is 0 Å². The molecule has 0 bridgehead atoms. The van der Waals surface area contributed by atoms with Crippen LogP contribution in [0.25, 0.3) is 10.9 Å². The van der Waals surface area contributed by atoms with Crippen LogP contribution in [0.4, 0.5) is 4.79 Å². The molecule has 4 nitrogen and oxygen atoms in total. The van der Waals surface area contributed by atoms with Crippen molar-refractivity contribution in [2.45, 2.75) is 26.8 Å². The lowest BCUT2D eigenvalue weighted by Crippen LogP contribution is -2.35. The fourth-order valence-corrected chi connectivity index (χ4v) is 3.30. The first kappa shape index (κ1) is 12.1. The lowest BCUT2D eigenvalue weighted by atomic mass is 10.0. The first-order valence-corrected chi connectivity index (χ1v) is 6.54. The van der Waals surface area contributed by atoms with Crippen LogP contribution in [0.2, 0.25) is 0 Å². The number of rotatable bonds is 0. The van der Waals surface area contributed by atoms with Crippen LogP contribution in [0.3, 0.4) is 0 Å². The van der Waals surface area contributed by atoms with E-state index >= 15 is 0 Å². The Morgan fingerprint density at radius 3 is 2.74 bits per heavy atom. The number of hydrogen-bond donors (Lipinski definition) is 1. The fraction of sp³-hybridized carbons (Fsp3) is 0.400. The number of carboxylic acid groups (broad SMARTS) is 1. The van der Waals surface area contributed by atoms with Crippen LogP contribution < -0.4 is 0 Å². The van der Waals surface area contributed by atoms with Crippen molar-refractivity contribution in [3.8, 4) is 0 Å². The quantitative estimate of drug-likeness (QED) is 0.789. The van der Waals surface area contributed by atoms with Crippen molar-refractivity contribution in [2.75, 3.05) is 6.54 Å². The maximum atomic E-state index is 11.2. The van der Waals surface area contributed by atoms with Crippen molar-refractivity contribution in [1.82, 2.24) is 9.47 Å². The zero-order chi connectivity index (χ0) is 13.7. The number of aryl methyl sites for hydroxylation is 3.